The number of nitrogens with zero attached hydrogens (tertiary/aromatic N) is 9. The fourth-order valence-electron chi connectivity index (χ4n) is 16.5. The molecule has 3 heterocycles. The second kappa shape index (κ2) is 28.5. The molecule has 9 heteroatoms. The Labute approximate surface area is 657 Å². The van der Waals surface area contributed by atoms with Crippen molar-refractivity contribution in [1.29, 1.82) is 0 Å². The van der Waals surface area contributed by atoms with E-state index in [4.69, 9.17) is 44.9 Å². The van der Waals surface area contributed by atoms with Crippen molar-refractivity contribution < 1.29 is 0 Å². The predicted molar refractivity (Wildman–Crippen MR) is 468 cm³/mol. The van der Waals surface area contributed by atoms with Gasteiger partial charge in [-0.15, -0.1) is 0 Å². The summed E-state index contributed by atoms with van der Waals surface area (Å²) in [7, 11) is 0. The van der Waals surface area contributed by atoms with Gasteiger partial charge in [-0.05, 0) is 126 Å². The van der Waals surface area contributed by atoms with Gasteiger partial charge in [0.15, 0.2) is 52.4 Å². The van der Waals surface area contributed by atoms with Crippen molar-refractivity contribution in [2.75, 3.05) is 0 Å². The lowest BCUT2D eigenvalue weighted by molar-refractivity contribution is 1.07. The zero-order valence-corrected chi connectivity index (χ0v) is 61.6. The van der Waals surface area contributed by atoms with E-state index in [2.05, 4.69) is 212 Å². The van der Waals surface area contributed by atoms with Crippen LogP contribution in [0.4, 0.5) is 0 Å². The van der Waals surface area contributed by atoms with Gasteiger partial charge in [0, 0.05) is 50.1 Å². The summed E-state index contributed by atoms with van der Waals surface area (Å²) >= 11 is 0. The molecule has 0 aliphatic carbocycles. The second-order valence-electron chi connectivity index (χ2n) is 28.6. The molecule has 0 radical (unpaired) electrons. The lowest BCUT2D eigenvalue weighted by atomic mass is 9.81. The van der Waals surface area contributed by atoms with Gasteiger partial charge in [-0.1, -0.05) is 388 Å². The molecule has 9 nitrogen and oxygen atoms in total. The van der Waals surface area contributed by atoms with Gasteiger partial charge in [0.25, 0.3) is 0 Å². The molecule has 0 spiro atoms. The van der Waals surface area contributed by atoms with Gasteiger partial charge in [-0.2, -0.15) is 0 Å². The lowest BCUT2D eigenvalue weighted by Crippen LogP contribution is -2.00. The van der Waals surface area contributed by atoms with Crippen LogP contribution in [0, 0.1) is 0 Å². The average molecular weight is 1450 g/mol. The Balaban J connectivity index is 0.739. The maximum atomic E-state index is 5.18. The molecule has 21 rings (SSSR count). The van der Waals surface area contributed by atoms with E-state index in [1.54, 1.807) is 0 Å². The van der Waals surface area contributed by atoms with E-state index in [1.165, 1.54) is 32.3 Å². The summed E-state index contributed by atoms with van der Waals surface area (Å²) in [4.78, 5) is 46.0. The zero-order chi connectivity index (χ0) is 75.4. The fraction of sp³-hybridized carbons (Fsp3) is 0. The van der Waals surface area contributed by atoms with Crippen LogP contribution in [-0.4, -0.2) is 44.9 Å². The summed E-state index contributed by atoms with van der Waals surface area (Å²) in [5, 5.41) is 13.9. The van der Waals surface area contributed by atoms with Gasteiger partial charge in [-0.25, -0.2) is 44.9 Å². The molecule has 0 atom stereocenters. The van der Waals surface area contributed by atoms with Gasteiger partial charge >= 0.3 is 0 Å². The van der Waals surface area contributed by atoms with E-state index in [0.29, 0.717) is 52.4 Å². The Hall–Kier alpha value is -15.5. The molecule has 0 N–H and O–H groups in total. The molecule has 0 aliphatic rings. The highest BCUT2D eigenvalue weighted by Crippen LogP contribution is 2.51. The molecule has 530 valence electrons. The highest BCUT2D eigenvalue weighted by Gasteiger charge is 2.25. The topological polar surface area (TPSA) is 116 Å². The van der Waals surface area contributed by atoms with Gasteiger partial charge in [0.1, 0.15) is 0 Å². The summed E-state index contributed by atoms with van der Waals surface area (Å²) in [6.07, 6.45) is 0. The molecule has 0 amide bonds. The number of rotatable bonds is 14. The summed E-state index contributed by atoms with van der Waals surface area (Å²) < 4.78 is 0. The molecule has 0 bridgehead atoms. The molecule has 0 aliphatic heterocycles. The third-order valence-corrected chi connectivity index (χ3v) is 21.8. The highest BCUT2D eigenvalue weighted by molar-refractivity contribution is 6.32. The molecular formula is C105H65N9. The van der Waals surface area contributed by atoms with E-state index < -0.39 is 0 Å². The van der Waals surface area contributed by atoms with Gasteiger partial charge in [0.2, 0.25) is 0 Å². The number of aromatic nitrogens is 9. The first-order valence-corrected chi connectivity index (χ1v) is 38.3. The molecule has 18 aromatic carbocycles. The van der Waals surface area contributed by atoms with E-state index in [1.807, 2.05) is 182 Å². The Kier molecular flexibility index (Phi) is 16.7. The molecule has 3 aromatic heterocycles. The van der Waals surface area contributed by atoms with Crippen LogP contribution in [-0.2, 0) is 0 Å². The first-order valence-electron chi connectivity index (χ1n) is 38.3. The SMILES string of the molecule is c1ccc(-c2nc(-c3ccccc3)nc(-c3ccc(-c4c(-c5ccc6c7ccccc7c7c(-c8cccc9c(-c%10ccc(-c%11nc(-c%12ccccc%12)nc(-c%12ccccc%12)n%11)cc%10)c(-c%10ccc(-c%11nc(-c%12ccccc%12)nc(-c%12ccccc%12)n%11)cc%10)c%10ccccc%10c89)cccc7c6c5)ccc5ccccc45)cc3)n2)cc1. The minimum absolute atomic E-state index is 0.583. The molecule has 0 saturated heterocycles. The van der Waals surface area contributed by atoms with Crippen LogP contribution in [0.15, 0.2) is 394 Å². The maximum Gasteiger partial charge on any atom is 0.164 e. The van der Waals surface area contributed by atoms with Crippen molar-refractivity contribution in [2.45, 2.75) is 0 Å². The number of hydrogen-bond acceptors (Lipinski definition) is 9. The summed E-state index contributed by atoms with van der Waals surface area (Å²) in [5.41, 5.74) is 19.2. The summed E-state index contributed by atoms with van der Waals surface area (Å²) in [5.74, 6) is 5.45. The quantitative estimate of drug-likeness (QED) is 0.0981. The Morgan fingerprint density at radius 1 is 0.123 bits per heavy atom. The van der Waals surface area contributed by atoms with Crippen molar-refractivity contribution in [3.8, 4) is 158 Å². The first kappa shape index (κ1) is 66.7. The van der Waals surface area contributed by atoms with Gasteiger partial charge in [-0.3, -0.25) is 0 Å². The van der Waals surface area contributed by atoms with Crippen LogP contribution in [0.1, 0.15) is 0 Å². The Morgan fingerprint density at radius 3 is 0.772 bits per heavy atom. The Bertz CT molecular complexity index is 7100. The molecular weight excluding hydrogens is 1390 g/mol. The second-order valence-corrected chi connectivity index (χ2v) is 28.6. The lowest BCUT2D eigenvalue weighted by Gasteiger charge is -2.22. The van der Waals surface area contributed by atoms with Gasteiger partial charge in [0.05, 0.1) is 0 Å². The summed E-state index contributed by atoms with van der Waals surface area (Å²) in [6.45, 7) is 0. The number of hydrogen-bond donors (Lipinski definition) is 0. The number of fused-ring (bicyclic) bond motifs is 10. The van der Waals surface area contributed by atoms with Crippen LogP contribution in [0.5, 0.6) is 0 Å². The minimum atomic E-state index is 0.583. The summed E-state index contributed by atoms with van der Waals surface area (Å²) in [6, 6.07) is 139. The predicted octanol–water partition coefficient (Wildman–Crippen LogP) is 26.5. The van der Waals surface area contributed by atoms with Crippen molar-refractivity contribution in [3.63, 3.8) is 0 Å². The first-order chi connectivity index (χ1) is 56.5. The smallest absolute Gasteiger partial charge is 0.164 e. The van der Waals surface area contributed by atoms with E-state index >= 15 is 0 Å². The average Bonchev–Trinajstić information content (AvgIpc) is 0.712. The minimum Gasteiger partial charge on any atom is -0.208 e. The molecule has 0 saturated carbocycles. The van der Waals surface area contributed by atoms with Crippen molar-refractivity contribution in [3.05, 3.63) is 394 Å². The molecule has 0 unspecified atom stereocenters. The van der Waals surface area contributed by atoms with E-state index in [0.717, 1.165) is 138 Å². The van der Waals surface area contributed by atoms with Gasteiger partial charge < -0.3 is 0 Å². The largest absolute Gasteiger partial charge is 0.208 e. The standard InChI is InChI=1S/C105H65N9/c1-7-28-70(29-8-1)97-106-98(71-30-9-2-10-31-71)110-103(109-97)76-55-49-67(50-56-76)92-80-40-20-19-27-66(80)61-63-81(92)79-62-64-83-82-41-21-22-42-84(82)95-87(45-25-47-89(95)91(83)65-79)88-46-26-48-90-94(69-53-59-78(60-54-69)105-113-101(74-36-15-5-16-37-74)108-102(114-105)75-38-17-6-18-39-75)93(85-43-23-24-44-86(85)96(88)90)68-51-57-77(58-52-68)104-111-99(72-32-11-3-12-33-72)107-100(112-104)73-34-13-4-14-35-73/h1-65H. The monoisotopic (exact) mass is 1450 g/mol. The fourth-order valence-corrected chi connectivity index (χ4v) is 16.5. The zero-order valence-electron chi connectivity index (χ0n) is 61.6. The van der Waals surface area contributed by atoms with Crippen molar-refractivity contribution in [1.82, 2.24) is 44.9 Å². The third-order valence-electron chi connectivity index (χ3n) is 21.8. The van der Waals surface area contributed by atoms with E-state index in [9.17, 15) is 0 Å². The molecule has 21 aromatic rings. The maximum absolute atomic E-state index is 5.18. The van der Waals surface area contributed by atoms with Crippen LogP contribution >= 0.6 is 0 Å². The van der Waals surface area contributed by atoms with Crippen molar-refractivity contribution in [2.24, 2.45) is 0 Å². The molecule has 0 fully saturated rings. The van der Waals surface area contributed by atoms with Crippen LogP contribution in [0.25, 0.3) is 223 Å². The number of benzene rings is 18. The van der Waals surface area contributed by atoms with Crippen LogP contribution < -0.4 is 0 Å². The Morgan fingerprint density at radius 2 is 0.377 bits per heavy atom. The highest BCUT2D eigenvalue weighted by atomic mass is 15.1. The van der Waals surface area contributed by atoms with E-state index in [-0.39, 0.29) is 0 Å². The van der Waals surface area contributed by atoms with Crippen LogP contribution in [0.2, 0.25) is 0 Å². The molecule has 114 heavy (non-hydrogen) atoms. The van der Waals surface area contributed by atoms with Crippen molar-refractivity contribution >= 4 is 64.6 Å². The third kappa shape index (κ3) is 12.1. The van der Waals surface area contributed by atoms with Crippen LogP contribution in [0.3, 0.4) is 0 Å². The normalized spacial score (nSPS) is 11.5.